The van der Waals surface area contributed by atoms with E-state index in [2.05, 4.69) is 21.7 Å². The maximum Gasteiger partial charge on any atom is 0.257 e. The first-order valence-electron chi connectivity index (χ1n) is 14.6. The molecule has 0 bridgehead atoms. The molecule has 3 N–H and O–H groups in total. The van der Waals surface area contributed by atoms with E-state index in [4.69, 9.17) is 4.99 Å². The van der Waals surface area contributed by atoms with E-state index in [0.29, 0.717) is 39.2 Å². The zero-order valence-electron chi connectivity index (χ0n) is 25.8. The molecule has 0 fully saturated rings. The maximum absolute atomic E-state index is 13.3. The fraction of sp³-hybridized carbons (Fsp3) is 0.162. The summed E-state index contributed by atoms with van der Waals surface area (Å²) in [4.78, 5) is 46.9. The number of H-pyrrole nitrogens is 1. The fourth-order valence-electron chi connectivity index (χ4n) is 5.57. The predicted octanol–water partition coefficient (Wildman–Crippen LogP) is 7.29. The van der Waals surface area contributed by atoms with E-state index in [1.807, 2.05) is 89.2 Å². The largest absolute Gasteiger partial charge is 0.341 e. The molecule has 0 unspecified atom stereocenters. The normalized spacial score (nSPS) is 13.5. The molecule has 1 aliphatic heterocycles. The highest BCUT2D eigenvalue weighted by molar-refractivity contribution is 6.22. The summed E-state index contributed by atoms with van der Waals surface area (Å²) in [5, 5.41) is 16.0. The van der Waals surface area contributed by atoms with Crippen molar-refractivity contribution in [1.82, 2.24) is 10.3 Å². The number of carbonyl (C=O) groups excluding carboxylic acids is 3. The van der Waals surface area contributed by atoms with Gasteiger partial charge in [-0.15, -0.1) is 0 Å². The van der Waals surface area contributed by atoms with Crippen LogP contribution in [0.1, 0.15) is 84.4 Å². The molecular formula is C37H33N5O3. The first-order valence-corrected chi connectivity index (χ1v) is 14.6. The second-order valence-corrected chi connectivity index (χ2v) is 11.3. The molecule has 5 rings (SSSR count). The van der Waals surface area contributed by atoms with Gasteiger partial charge in [0.2, 0.25) is 0 Å². The molecular weight excluding hydrogens is 562 g/mol. The number of anilines is 1. The maximum atomic E-state index is 13.3. The Morgan fingerprint density at radius 2 is 1.56 bits per heavy atom. The van der Waals surface area contributed by atoms with Crippen LogP contribution in [0.2, 0.25) is 0 Å². The number of benzene rings is 3. The van der Waals surface area contributed by atoms with Crippen LogP contribution in [0.15, 0.2) is 89.1 Å². The number of hydrogen-bond donors (Lipinski definition) is 3. The third-order valence-electron chi connectivity index (χ3n) is 7.72. The van der Waals surface area contributed by atoms with E-state index in [1.54, 1.807) is 24.3 Å². The third kappa shape index (κ3) is 6.15. The second-order valence-electron chi connectivity index (χ2n) is 11.3. The van der Waals surface area contributed by atoms with Gasteiger partial charge in [-0.2, -0.15) is 5.26 Å². The minimum absolute atomic E-state index is 0.105. The van der Waals surface area contributed by atoms with Crippen molar-refractivity contribution in [3.8, 4) is 6.07 Å². The zero-order valence-corrected chi connectivity index (χ0v) is 25.8. The van der Waals surface area contributed by atoms with Gasteiger partial charge >= 0.3 is 0 Å². The van der Waals surface area contributed by atoms with Crippen molar-refractivity contribution in [2.75, 3.05) is 5.32 Å². The second kappa shape index (κ2) is 12.8. The molecule has 0 saturated heterocycles. The lowest BCUT2D eigenvalue weighted by Gasteiger charge is -2.09. The Kier molecular flexibility index (Phi) is 8.73. The van der Waals surface area contributed by atoms with Gasteiger partial charge in [0.15, 0.2) is 12.1 Å². The van der Waals surface area contributed by atoms with E-state index < -0.39 is 0 Å². The zero-order chi connectivity index (χ0) is 32.2. The van der Waals surface area contributed by atoms with Crippen LogP contribution in [-0.2, 0) is 0 Å². The smallest absolute Gasteiger partial charge is 0.257 e. The number of rotatable bonds is 7. The molecule has 224 valence electrons. The number of aromatic amines is 1. The number of nitriles is 1. The van der Waals surface area contributed by atoms with Crippen molar-refractivity contribution < 1.29 is 14.4 Å². The monoisotopic (exact) mass is 595 g/mol. The molecule has 1 aromatic heterocycles. The highest BCUT2D eigenvalue weighted by Crippen LogP contribution is 2.37. The molecule has 1 aliphatic rings. The Bertz CT molecular complexity index is 1970. The molecule has 0 aliphatic carbocycles. The van der Waals surface area contributed by atoms with Gasteiger partial charge in [-0.1, -0.05) is 80.1 Å². The van der Waals surface area contributed by atoms with Gasteiger partial charge in [0.25, 0.3) is 11.8 Å². The van der Waals surface area contributed by atoms with Gasteiger partial charge < -0.3 is 15.6 Å². The Morgan fingerprint density at radius 3 is 2.20 bits per heavy atom. The minimum Gasteiger partial charge on any atom is -0.341 e. The first-order chi connectivity index (χ1) is 21.6. The number of amidine groups is 1. The van der Waals surface area contributed by atoms with E-state index >= 15 is 0 Å². The van der Waals surface area contributed by atoms with Crippen molar-refractivity contribution >= 4 is 41.4 Å². The molecule has 0 radical (unpaired) electrons. The first kappa shape index (κ1) is 30.6. The standard InChI is InChI=1S/C37H33N5O3/c1-21(2)32-29(20-43)35(42-36(44)26-14-10-9-11-23(26)4)39-30(32)18-31-33(25-12-7-6-8-13-25)28(19-38)34(40-31)41-37(45)27-16-15-22(3)17-24(27)5/h6-18,20-21,39H,1-5H3,(H,42,44)(H,40,41,45). The van der Waals surface area contributed by atoms with E-state index in [-0.39, 0.29) is 35.0 Å². The third-order valence-corrected chi connectivity index (χ3v) is 7.72. The highest BCUT2D eigenvalue weighted by Gasteiger charge is 2.29. The van der Waals surface area contributed by atoms with Crippen LogP contribution in [0.4, 0.5) is 5.82 Å². The molecule has 2 heterocycles. The van der Waals surface area contributed by atoms with Gasteiger partial charge in [-0.05, 0) is 67.2 Å². The number of nitrogens with one attached hydrogen (secondary N) is 3. The van der Waals surface area contributed by atoms with Crippen molar-refractivity contribution in [2.24, 2.45) is 4.99 Å². The summed E-state index contributed by atoms with van der Waals surface area (Å²) in [6.07, 6.45) is 2.48. The Hall–Kier alpha value is -5.81. The lowest BCUT2D eigenvalue weighted by atomic mass is 9.95. The van der Waals surface area contributed by atoms with Crippen molar-refractivity contribution in [3.05, 3.63) is 134 Å². The van der Waals surface area contributed by atoms with Gasteiger partial charge in [-0.25, -0.2) is 4.99 Å². The summed E-state index contributed by atoms with van der Waals surface area (Å²) < 4.78 is 0. The van der Waals surface area contributed by atoms with E-state index in [0.717, 1.165) is 28.5 Å². The van der Waals surface area contributed by atoms with Crippen LogP contribution >= 0.6 is 0 Å². The SMILES string of the molecule is Cc1ccc(C(=O)NC2=NC(=Cc3[nH]c(NC(=O)c4ccccc4C)c(C=O)c3C(C)C)C(c3ccccc3)=C2C#N)c(C)c1. The van der Waals surface area contributed by atoms with Crippen LogP contribution in [0.25, 0.3) is 11.6 Å². The topological polar surface area (TPSA) is 127 Å². The average molecular weight is 596 g/mol. The Labute approximate surface area is 262 Å². The summed E-state index contributed by atoms with van der Waals surface area (Å²) in [5.74, 6) is -0.427. The van der Waals surface area contributed by atoms with Gasteiger partial charge in [0.1, 0.15) is 17.5 Å². The van der Waals surface area contributed by atoms with Gasteiger partial charge in [0.05, 0.1) is 11.3 Å². The number of carbonyl (C=O) groups is 3. The predicted molar refractivity (Wildman–Crippen MR) is 177 cm³/mol. The quantitative estimate of drug-likeness (QED) is 0.194. The lowest BCUT2D eigenvalue weighted by molar-refractivity contribution is 0.0974. The van der Waals surface area contributed by atoms with Crippen LogP contribution in [0.3, 0.4) is 0 Å². The van der Waals surface area contributed by atoms with Crippen molar-refractivity contribution in [3.63, 3.8) is 0 Å². The minimum atomic E-state index is -0.375. The molecule has 2 amide bonds. The molecule has 45 heavy (non-hydrogen) atoms. The molecule has 8 nitrogen and oxygen atoms in total. The number of aldehydes is 1. The number of allylic oxidation sites excluding steroid dienone is 1. The fourth-order valence-corrected chi connectivity index (χ4v) is 5.57. The number of nitrogens with zero attached hydrogens (tertiary/aromatic N) is 2. The van der Waals surface area contributed by atoms with Crippen LogP contribution in [0, 0.1) is 32.1 Å². The molecule has 0 spiro atoms. The lowest BCUT2D eigenvalue weighted by Crippen LogP contribution is -2.31. The number of aromatic nitrogens is 1. The highest BCUT2D eigenvalue weighted by atomic mass is 16.2. The van der Waals surface area contributed by atoms with Crippen LogP contribution in [-0.4, -0.2) is 28.9 Å². The van der Waals surface area contributed by atoms with Crippen molar-refractivity contribution in [1.29, 1.82) is 5.26 Å². The summed E-state index contributed by atoms with van der Waals surface area (Å²) in [5.41, 5.74) is 7.10. The number of amides is 2. The van der Waals surface area contributed by atoms with Gasteiger partial charge in [0, 0.05) is 22.4 Å². The average Bonchev–Trinajstić information content (AvgIpc) is 3.54. The van der Waals surface area contributed by atoms with Gasteiger partial charge in [-0.3, -0.25) is 14.4 Å². The van der Waals surface area contributed by atoms with Crippen LogP contribution in [0.5, 0.6) is 0 Å². The molecule has 4 aromatic rings. The molecule has 0 atom stereocenters. The number of hydrogen-bond acceptors (Lipinski definition) is 5. The van der Waals surface area contributed by atoms with E-state index in [9.17, 15) is 19.6 Å². The van der Waals surface area contributed by atoms with E-state index in [1.165, 1.54) is 0 Å². The Balaban J connectivity index is 1.62. The molecule has 3 aromatic carbocycles. The van der Waals surface area contributed by atoms with Crippen LogP contribution < -0.4 is 10.6 Å². The Morgan fingerprint density at radius 1 is 0.889 bits per heavy atom. The van der Waals surface area contributed by atoms with Crippen molar-refractivity contribution in [2.45, 2.75) is 40.5 Å². The number of aliphatic imine (C=N–C) groups is 1. The summed E-state index contributed by atoms with van der Waals surface area (Å²) in [7, 11) is 0. The summed E-state index contributed by atoms with van der Waals surface area (Å²) >= 11 is 0. The molecule has 0 saturated carbocycles. The molecule has 8 heteroatoms. The number of aryl methyl sites for hydroxylation is 3. The summed E-state index contributed by atoms with van der Waals surface area (Å²) in [6, 6.07) is 24.3. The summed E-state index contributed by atoms with van der Waals surface area (Å²) in [6.45, 7) is 9.56.